The smallest absolute Gasteiger partial charge is 0.335 e. The summed E-state index contributed by atoms with van der Waals surface area (Å²) in [4.78, 5) is 24.8. The molecule has 21 heavy (non-hydrogen) atoms. The first kappa shape index (κ1) is 13.2. The molecule has 1 aliphatic rings. The molecule has 0 spiro atoms. The number of nitrogens with zero attached hydrogens (tertiary/aromatic N) is 1. The van der Waals surface area contributed by atoms with Crippen LogP contribution in [0.5, 0.6) is 0 Å². The first-order valence-electron chi connectivity index (χ1n) is 6.59. The van der Waals surface area contributed by atoms with Gasteiger partial charge < -0.3 is 15.3 Å². The van der Waals surface area contributed by atoms with Crippen molar-refractivity contribution >= 4 is 17.7 Å². The lowest BCUT2D eigenvalue weighted by Gasteiger charge is -2.29. The van der Waals surface area contributed by atoms with Crippen LogP contribution in [0.4, 0.5) is 10.5 Å². The van der Waals surface area contributed by atoms with E-state index in [0.29, 0.717) is 18.8 Å². The Morgan fingerprint density at radius 2 is 1.95 bits per heavy atom. The number of nitrogens with one attached hydrogen (secondary N) is 1. The molecule has 0 unspecified atom stereocenters. The number of carboxylic acids is 1. The molecule has 0 radical (unpaired) electrons. The van der Waals surface area contributed by atoms with Gasteiger partial charge in [-0.2, -0.15) is 0 Å². The lowest BCUT2D eigenvalue weighted by atomic mass is 10.1. The zero-order valence-electron chi connectivity index (χ0n) is 11.2. The van der Waals surface area contributed by atoms with Crippen molar-refractivity contribution in [3.8, 4) is 0 Å². The van der Waals surface area contributed by atoms with Crippen LogP contribution in [0.1, 0.15) is 21.5 Å². The second-order valence-corrected chi connectivity index (χ2v) is 4.95. The molecule has 0 aliphatic carbocycles. The van der Waals surface area contributed by atoms with Crippen LogP contribution in [0.3, 0.4) is 0 Å². The molecule has 0 fully saturated rings. The minimum atomic E-state index is -1.00. The van der Waals surface area contributed by atoms with E-state index in [1.807, 2.05) is 30.3 Å². The summed E-state index contributed by atoms with van der Waals surface area (Å²) < 4.78 is 0. The Bertz CT molecular complexity index is 698. The van der Waals surface area contributed by atoms with Crippen molar-refractivity contribution in [3.63, 3.8) is 0 Å². The van der Waals surface area contributed by atoms with E-state index in [-0.39, 0.29) is 11.6 Å². The van der Waals surface area contributed by atoms with Crippen LogP contribution in [0.25, 0.3) is 0 Å². The molecule has 0 atom stereocenters. The third kappa shape index (κ3) is 2.72. The Balaban J connectivity index is 1.82. The van der Waals surface area contributed by atoms with Gasteiger partial charge >= 0.3 is 12.0 Å². The molecule has 106 valence electrons. The van der Waals surface area contributed by atoms with Crippen molar-refractivity contribution in [2.75, 3.05) is 5.32 Å². The minimum absolute atomic E-state index is 0.172. The molecule has 2 aromatic carbocycles. The monoisotopic (exact) mass is 282 g/mol. The normalized spacial score (nSPS) is 13.5. The summed E-state index contributed by atoms with van der Waals surface area (Å²) in [5.74, 6) is -1.00. The molecule has 0 aromatic heterocycles. The van der Waals surface area contributed by atoms with E-state index in [4.69, 9.17) is 5.11 Å². The fourth-order valence-corrected chi connectivity index (χ4v) is 2.37. The fourth-order valence-electron chi connectivity index (χ4n) is 2.37. The third-order valence-electron chi connectivity index (χ3n) is 3.46. The highest BCUT2D eigenvalue weighted by Gasteiger charge is 2.23. The van der Waals surface area contributed by atoms with Gasteiger partial charge in [-0.25, -0.2) is 9.59 Å². The van der Waals surface area contributed by atoms with Gasteiger partial charge in [0.15, 0.2) is 0 Å². The number of carboxylic acid groups (broad SMARTS) is 1. The molecular formula is C16H14N2O3. The third-order valence-corrected chi connectivity index (χ3v) is 3.46. The zero-order valence-corrected chi connectivity index (χ0v) is 11.2. The number of carbonyl (C=O) groups excluding carboxylic acids is 1. The van der Waals surface area contributed by atoms with Crippen molar-refractivity contribution < 1.29 is 14.7 Å². The highest BCUT2D eigenvalue weighted by Crippen LogP contribution is 2.25. The molecule has 2 N–H and O–H groups in total. The van der Waals surface area contributed by atoms with E-state index in [1.165, 1.54) is 6.07 Å². The Labute approximate surface area is 121 Å². The Kier molecular flexibility index (Phi) is 3.31. The van der Waals surface area contributed by atoms with Gasteiger partial charge in [-0.3, -0.25) is 0 Å². The molecular weight excluding hydrogens is 268 g/mol. The molecule has 0 bridgehead atoms. The maximum atomic E-state index is 12.1. The predicted molar refractivity (Wildman–Crippen MR) is 78.1 cm³/mol. The topological polar surface area (TPSA) is 69.6 Å². The van der Waals surface area contributed by atoms with Gasteiger partial charge in [0.25, 0.3) is 0 Å². The molecule has 0 saturated heterocycles. The van der Waals surface area contributed by atoms with Crippen molar-refractivity contribution in [1.29, 1.82) is 0 Å². The summed E-state index contributed by atoms with van der Waals surface area (Å²) in [7, 11) is 0. The van der Waals surface area contributed by atoms with Gasteiger partial charge in [0.1, 0.15) is 0 Å². The predicted octanol–water partition coefficient (Wildman–Crippen LogP) is 2.93. The second-order valence-electron chi connectivity index (χ2n) is 4.95. The summed E-state index contributed by atoms with van der Waals surface area (Å²) >= 11 is 0. The van der Waals surface area contributed by atoms with Gasteiger partial charge in [0.05, 0.1) is 5.56 Å². The molecule has 1 heterocycles. The van der Waals surface area contributed by atoms with Crippen LogP contribution in [-0.2, 0) is 13.1 Å². The molecule has 2 aromatic rings. The highest BCUT2D eigenvalue weighted by atomic mass is 16.4. The number of rotatable bonds is 3. The summed E-state index contributed by atoms with van der Waals surface area (Å²) in [6.45, 7) is 0.989. The maximum Gasteiger partial charge on any atom is 0.335 e. The largest absolute Gasteiger partial charge is 0.478 e. The summed E-state index contributed by atoms with van der Waals surface area (Å²) in [5.41, 5.74) is 2.71. The number of hydrogen-bond donors (Lipinski definition) is 2. The number of benzene rings is 2. The van der Waals surface area contributed by atoms with Crippen LogP contribution in [0.15, 0.2) is 48.5 Å². The highest BCUT2D eigenvalue weighted by molar-refractivity contribution is 5.95. The van der Waals surface area contributed by atoms with E-state index in [9.17, 15) is 9.59 Å². The summed E-state index contributed by atoms with van der Waals surface area (Å²) in [6.07, 6.45) is 0. The van der Waals surface area contributed by atoms with Crippen LogP contribution < -0.4 is 5.32 Å². The van der Waals surface area contributed by atoms with Crippen molar-refractivity contribution in [3.05, 3.63) is 65.2 Å². The maximum absolute atomic E-state index is 12.1. The Hall–Kier alpha value is -2.82. The fraction of sp³-hybridized carbons (Fsp3) is 0.125. The number of carbonyl (C=O) groups is 2. The number of hydrogen-bond acceptors (Lipinski definition) is 2. The Morgan fingerprint density at radius 3 is 2.67 bits per heavy atom. The lowest BCUT2D eigenvalue weighted by molar-refractivity contribution is 0.0697. The lowest BCUT2D eigenvalue weighted by Crippen LogP contribution is -2.38. The van der Waals surface area contributed by atoms with E-state index < -0.39 is 5.97 Å². The standard InChI is InChI=1S/C16H14N2O3/c19-15(20)12-6-7-13-10-18(16(21)17-14(13)8-12)9-11-4-2-1-3-5-11/h1-8H,9-10H2,(H,17,21)(H,19,20). The minimum Gasteiger partial charge on any atom is -0.478 e. The van der Waals surface area contributed by atoms with Crippen molar-refractivity contribution in [2.45, 2.75) is 13.1 Å². The number of urea groups is 1. The van der Waals surface area contributed by atoms with E-state index >= 15 is 0 Å². The first-order chi connectivity index (χ1) is 10.1. The SMILES string of the molecule is O=C(O)c1ccc2c(c1)NC(=O)N(Cc1ccccc1)C2. The molecule has 2 amide bonds. The molecule has 3 rings (SSSR count). The van der Waals surface area contributed by atoms with Gasteiger partial charge in [0, 0.05) is 18.8 Å². The van der Waals surface area contributed by atoms with Gasteiger partial charge in [-0.1, -0.05) is 36.4 Å². The quantitative estimate of drug-likeness (QED) is 0.909. The van der Waals surface area contributed by atoms with Crippen LogP contribution >= 0.6 is 0 Å². The Morgan fingerprint density at radius 1 is 1.19 bits per heavy atom. The number of aromatic carboxylic acids is 1. The van der Waals surface area contributed by atoms with Crippen LogP contribution in [0, 0.1) is 0 Å². The van der Waals surface area contributed by atoms with E-state index in [2.05, 4.69) is 5.32 Å². The summed E-state index contributed by atoms with van der Waals surface area (Å²) in [6, 6.07) is 14.3. The number of anilines is 1. The summed E-state index contributed by atoms with van der Waals surface area (Å²) in [5, 5.41) is 11.7. The van der Waals surface area contributed by atoms with E-state index in [0.717, 1.165) is 11.1 Å². The molecule has 5 nitrogen and oxygen atoms in total. The number of amides is 2. The van der Waals surface area contributed by atoms with Crippen molar-refractivity contribution in [2.24, 2.45) is 0 Å². The first-order valence-corrected chi connectivity index (χ1v) is 6.59. The van der Waals surface area contributed by atoms with Crippen LogP contribution in [-0.4, -0.2) is 22.0 Å². The molecule has 5 heteroatoms. The molecule has 0 saturated carbocycles. The average Bonchev–Trinajstić information content (AvgIpc) is 2.48. The second kappa shape index (κ2) is 5.28. The van der Waals surface area contributed by atoms with Crippen LogP contribution in [0.2, 0.25) is 0 Å². The molecule has 1 aliphatic heterocycles. The van der Waals surface area contributed by atoms with Crippen molar-refractivity contribution in [1.82, 2.24) is 4.90 Å². The van der Waals surface area contributed by atoms with E-state index in [1.54, 1.807) is 17.0 Å². The average molecular weight is 282 g/mol. The van der Waals surface area contributed by atoms with Gasteiger partial charge in [0.2, 0.25) is 0 Å². The van der Waals surface area contributed by atoms with Gasteiger partial charge in [-0.15, -0.1) is 0 Å². The van der Waals surface area contributed by atoms with Gasteiger partial charge in [-0.05, 0) is 23.3 Å². The zero-order chi connectivity index (χ0) is 14.8. The number of fused-ring (bicyclic) bond motifs is 1.